The maximum Gasteiger partial charge on any atom is 0.0924 e. The van der Waals surface area contributed by atoms with Crippen molar-refractivity contribution in [2.75, 3.05) is 0 Å². The van der Waals surface area contributed by atoms with Crippen molar-refractivity contribution in [2.45, 2.75) is 70.8 Å². The number of hydrogen-bond acceptors (Lipinski definition) is 1. The highest BCUT2D eigenvalue weighted by Gasteiger charge is 2.45. The molecular weight excluding hydrogens is 232 g/mol. The lowest BCUT2D eigenvalue weighted by Gasteiger charge is -2.46. The summed E-state index contributed by atoms with van der Waals surface area (Å²) in [5.74, 6) is 0.483. The molecule has 1 aliphatic rings. The summed E-state index contributed by atoms with van der Waals surface area (Å²) in [4.78, 5) is 0. The van der Waals surface area contributed by atoms with Crippen molar-refractivity contribution in [2.24, 2.45) is 5.92 Å². The first kappa shape index (κ1) is 14.6. The van der Waals surface area contributed by atoms with Crippen LogP contribution in [0.25, 0.3) is 0 Å². The predicted molar refractivity (Wildman–Crippen MR) is 81.2 cm³/mol. The second kappa shape index (κ2) is 6.56. The predicted octanol–water partition coefficient (Wildman–Crippen LogP) is 4.95. The third-order valence-electron chi connectivity index (χ3n) is 4.76. The molecule has 2 rings (SSSR count). The number of aryl methyl sites for hydroxylation is 1. The van der Waals surface area contributed by atoms with Gasteiger partial charge in [0.1, 0.15) is 0 Å². The molecule has 0 saturated heterocycles. The van der Waals surface area contributed by atoms with E-state index in [0.717, 1.165) is 12.0 Å². The number of rotatable bonds is 7. The topological polar surface area (TPSA) is 20.2 Å². The summed E-state index contributed by atoms with van der Waals surface area (Å²) in [7, 11) is 0. The van der Waals surface area contributed by atoms with Gasteiger partial charge in [-0.1, -0.05) is 68.9 Å². The van der Waals surface area contributed by atoms with E-state index in [1.807, 2.05) is 0 Å². The van der Waals surface area contributed by atoms with E-state index in [2.05, 4.69) is 38.1 Å². The van der Waals surface area contributed by atoms with Crippen LogP contribution in [0.1, 0.15) is 69.4 Å². The molecule has 0 heterocycles. The summed E-state index contributed by atoms with van der Waals surface area (Å²) in [5.41, 5.74) is 1.86. The van der Waals surface area contributed by atoms with Crippen LogP contribution in [0, 0.1) is 12.8 Å². The molecule has 0 unspecified atom stereocenters. The van der Waals surface area contributed by atoms with Gasteiger partial charge in [0.15, 0.2) is 0 Å². The Balaban J connectivity index is 1.84. The second-order valence-corrected chi connectivity index (χ2v) is 6.23. The van der Waals surface area contributed by atoms with Gasteiger partial charge < -0.3 is 5.11 Å². The first-order valence-corrected chi connectivity index (χ1v) is 7.96. The molecular formula is C18H28O. The Kier molecular flexibility index (Phi) is 5.04. The third-order valence-corrected chi connectivity index (χ3v) is 4.76. The highest BCUT2D eigenvalue weighted by atomic mass is 16.3. The van der Waals surface area contributed by atoms with E-state index >= 15 is 0 Å². The van der Waals surface area contributed by atoms with Gasteiger partial charge in [-0.2, -0.15) is 0 Å². The molecule has 0 aliphatic heterocycles. The molecule has 0 aromatic heterocycles. The molecule has 2 atom stereocenters. The van der Waals surface area contributed by atoms with Crippen LogP contribution in [0.4, 0.5) is 0 Å². The lowest BCUT2D eigenvalue weighted by Crippen LogP contribution is -2.44. The van der Waals surface area contributed by atoms with Crippen molar-refractivity contribution in [1.29, 1.82) is 0 Å². The maximum atomic E-state index is 10.8. The summed E-state index contributed by atoms with van der Waals surface area (Å²) in [6.45, 7) is 4.35. The number of aliphatic hydroxyl groups is 1. The van der Waals surface area contributed by atoms with Crippen LogP contribution in [-0.2, 0) is 5.60 Å². The molecule has 1 aliphatic carbocycles. The minimum Gasteiger partial charge on any atom is -0.385 e. The maximum absolute atomic E-state index is 10.8. The molecule has 0 amide bonds. The van der Waals surface area contributed by atoms with Crippen LogP contribution < -0.4 is 0 Å². The number of hydrogen-bond donors (Lipinski definition) is 1. The van der Waals surface area contributed by atoms with Crippen molar-refractivity contribution >= 4 is 0 Å². The molecule has 1 nitrogen and oxygen atoms in total. The van der Waals surface area contributed by atoms with Gasteiger partial charge in [-0.15, -0.1) is 0 Å². The molecule has 1 fully saturated rings. The Labute approximate surface area is 118 Å². The Morgan fingerprint density at radius 2 is 1.79 bits per heavy atom. The summed E-state index contributed by atoms with van der Waals surface area (Å²) < 4.78 is 0. The molecule has 1 aromatic carbocycles. The van der Waals surface area contributed by atoms with Crippen LogP contribution in [0.15, 0.2) is 24.3 Å². The quantitative estimate of drug-likeness (QED) is 0.687. The molecule has 1 aromatic rings. The summed E-state index contributed by atoms with van der Waals surface area (Å²) in [5, 5.41) is 10.8. The average Bonchev–Trinajstić information content (AvgIpc) is 2.41. The van der Waals surface area contributed by atoms with E-state index in [1.165, 1.54) is 50.5 Å². The highest BCUT2D eigenvalue weighted by Crippen LogP contribution is 2.49. The van der Waals surface area contributed by atoms with Crippen LogP contribution in [0.5, 0.6) is 0 Å². The first-order valence-electron chi connectivity index (χ1n) is 7.96. The molecule has 1 saturated carbocycles. The van der Waals surface area contributed by atoms with Gasteiger partial charge in [-0.05, 0) is 37.7 Å². The van der Waals surface area contributed by atoms with Gasteiger partial charge in [0.05, 0.1) is 5.60 Å². The van der Waals surface area contributed by atoms with Crippen LogP contribution in [-0.4, -0.2) is 5.11 Å². The molecule has 106 valence electrons. The van der Waals surface area contributed by atoms with E-state index in [9.17, 15) is 5.11 Å². The van der Waals surface area contributed by atoms with Gasteiger partial charge >= 0.3 is 0 Å². The zero-order chi connectivity index (χ0) is 13.7. The van der Waals surface area contributed by atoms with Crippen molar-refractivity contribution in [1.82, 2.24) is 0 Å². The summed E-state index contributed by atoms with van der Waals surface area (Å²) >= 11 is 0. The van der Waals surface area contributed by atoms with E-state index < -0.39 is 5.60 Å². The van der Waals surface area contributed by atoms with Crippen LogP contribution in [0.2, 0.25) is 0 Å². The number of unbranched alkanes of at least 4 members (excludes halogenated alkanes) is 4. The van der Waals surface area contributed by atoms with Crippen LogP contribution >= 0.6 is 0 Å². The Morgan fingerprint density at radius 3 is 2.37 bits per heavy atom. The largest absolute Gasteiger partial charge is 0.385 e. The fraction of sp³-hybridized carbons (Fsp3) is 0.667. The molecule has 1 heteroatoms. The molecule has 0 radical (unpaired) electrons. The third kappa shape index (κ3) is 3.39. The summed E-state index contributed by atoms with van der Waals surface area (Å²) in [6, 6.07) is 8.45. The SMILES string of the molecule is CCCCCCC[C@@H]1CC[C@@]1(O)c1ccc(C)cc1. The second-order valence-electron chi connectivity index (χ2n) is 6.23. The van der Waals surface area contributed by atoms with Gasteiger partial charge in [-0.3, -0.25) is 0 Å². The van der Waals surface area contributed by atoms with Crippen molar-refractivity contribution in [3.8, 4) is 0 Å². The fourth-order valence-electron chi connectivity index (χ4n) is 3.22. The molecule has 0 spiro atoms. The Bertz CT molecular complexity index is 381. The monoisotopic (exact) mass is 260 g/mol. The highest BCUT2D eigenvalue weighted by molar-refractivity contribution is 5.29. The standard InChI is InChI=1S/C18H28O/c1-3-4-5-6-7-8-16-13-14-18(16,19)17-11-9-15(2)10-12-17/h9-12,16,19H,3-8,13-14H2,1-2H3/t16-,18+/m1/s1. The summed E-state index contributed by atoms with van der Waals surface area (Å²) in [6.07, 6.45) is 9.94. The Morgan fingerprint density at radius 1 is 1.11 bits per heavy atom. The van der Waals surface area contributed by atoms with Gasteiger partial charge in [0.2, 0.25) is 0 Å². The van der Waals surface area contributed by atoms with Gasteiger partial charge in [0.25, 0.3) is 0 Å². The van der Waals surface area contributed by atoms with Gasteiger partial charge in [-0.25, -0.2) is 0 Å². The minimum absolute atomic E-state index is 0.483. The number of benzene rings is 1. The molecule has 1 N–H and O–H groups in total. The van der Waals surface area contributed by atoms with Crippen LogP contribution in [0.3, 0.4) is 0 Å². The van der Waals surface area contributed by atoms with Crippen molar-refractivity contribution < 1.29 is 5.11 Å². The van der Waals surface area contributed by atoms with Gasteiger partial charge in [0, 0.05) is 0 Å². The van der Waals surface area contributed by atoms with E-state index in [4.69, 9.17) is 0 Å². The molecule has 19 heavy (non-hydrogen) atoms. The van der Waals surface area contributed by atoms with Crippen molar-refractivity contribution in [3.05, 3.63) is 35.4 Å². The minimum atomic E-state index is -0.529. The zero-order valence-corrected chi connectivity index (χ0v) is 12.5. The van der Waals surface area contributed by atoms with E-state index in [-0.39, 0.29) is 0 Å². The fourth-order valence-corrected chi connectivity index (χ4v) is 3.22. The normalized spacial score (nSPS) is 26.2. The van der Waals surface area contributed by atoms with E-state index in [0.29, 0.717) is 5.92 Å². The smallest absolute Gasteiger partial charge is 0.0924 e. The average molecular weight is 260 g/mol. The van der Waals surface area contributed by atoms with Crippen molar-refractivity contribution in [3.63, 3.8) is 0 Å². The lowest BCUT2D eigenvalue weighted by atomic mass is 9.64. The molecule has 0 bridgehead atoms. The van der Waals surface area contributed by atoms with E-state index in [1.54, 1.807) is 0 Å². The first-order chi connectivity index (χ1) is 9.16. The zero-order valence-electron chi connectivity index (χ0n) is 12.5. The Hall–Kier alpha value is -0.820. The lowest BCUT2D eigenvalue weighted by molar-refractivity contribution is -0.105.